The Balaban J connectivity index is 1.33. The molecule has 3 aliphatic rings. The molecule has 2 N–H and O–H groups in total. The van der Waals surface area contributed by atoms with Crippen LogP contribution in [0.15, 0.2) is 41.8 Å². The van der Waals surface area contributed by atoms with Crippen LogP contribution in [0.3, 0.4) is 0 Å². The van der Waals surface area contributed by atoms with E-state index in [0.29, 0.717) is 23.8 Å². The molecule has 2 saturated carbocycles. The molecule has 2 aliphatic carbocycles. The number of nitrogens with zero attached hydrogens (tertiary/aromatic N) is 2. The fourth-order valence-electron chi connectivity index (χ4n) is 7.16. The first-order valence-corrected chi connectivity index (χ1v) is 17.9. The van der Waals surface area contributed by atoms with Crippen molar-refractivity contribution in [3.63, 3.8) is 0 Å². The van der Waals surface area contributed by atoms with E-state index < -0.39 is 12.1 Å². The Bertz CT molecular complexity index is 1280. The van der Waals surface area contributed by atoms with Gasteiger partial charge in [0.2, 0.25) is 5.91 Å². The molecule has 5 rings (SSSR count). The normalized spacial score (nSPS) is 25.1. The van der Waals surface area contributed by atoms with Gasteiger partial charge in [0.25, 0.3) is 0 Å². The lowest BCUT2D eigenvalue weighted by molar-refractivity contribution is -0.145. The molecule has 3 fully saturated rings. The molecular formula is C35H48ClN3O5S. The largest absolute Gasteiger partial charge is 0.415 e. The second-order valence-corrected chi connectivity index (χ2v) is 15.0. The van der Waals surface area contributed by atoms with Crippen molar-refractivity contribution in [3.05, 3.63) is 51.7 Å². The van der Waals surface area contributed by atoms with Gasteiger partial charge in [-0.15, -0.1) is 11.3 Å². The van der Waals surface area contributed by atoms with Crippen LogP contribution >= 0.6 is 22.9 Å². The number of amides is 2. The number of piperazine rings is 1. The van der Waals surface area contributed by atoms with E-state index in [1.54, 1.807) is 40.5 Å². The molecule has 1 saturated heterocycles. The zero-order valence-corrected chi connectivity index (χ0v) is 28.0. The van der Waals surface area contributed by atoms with Crippen LogP contribution in [-0.2, 0) is 16.0 Å². The molecule has 10 heteroatoms. The first-order valence-electron chi connectivity index (χ1n) is 16.7. The summed E-state index contributed by atoms with van der Waals surface area (Å²) in [7, 11) is 0. The number of nitrogens with one attached hydrogen (secondary N) is 1. The Hall–Kier alpha value is -2.46. The van der Waals surface area contributed by atoms with E-state index in [2.05, 4.69) is 12.2 Å². The zero-order valence-electron chi connectivity index (χ0n) is 26.4. The number of thiophene rings is 1. The summed E-state index contributed by atoms with van der Waals surface area (Å²) in [5.74, 6) is 0.667. The maximum absolute atomic E-state index is 14.5. The third-order valence-electron chi connectivity index (χ3n) is 10.1. The van der Waals surface area contributed by atoms with Gasteiger partial charge in [0, 0.05) is 37.0 Å². The van der Waals surface area contributed by atoms with E-state index in [9.17, 15) is 19.5 Å². The molecule has 2 aromatic rings. The minimum Gasteiger partial charge on any atom is -0.409 e. The Kier molecular flexibility index (Phi) is 12.0. The Morgan fingerprint density at radius 2 is 1.82 bits per heavy atom. The molecule has 0 unspecified atom stereocenters. The molecule has 2 atom stereocenters. The maximum Gasteiger partial charge on any atom is 0.415 e. The SMILES string of the molecule is CC1(CO)CCC(N[C@H](CC2CCCCC2)C(=O)N2CCN(C(=O)Oc3ccccc3Cl)C[C@H]2C(=O)CCc2cccs2)CC1. The molecule has 1 aromatic heterocycles. The highest BCUT2D eigenvalue weighted by molar-refractivity contribution is 7.09. The van der Waals surface area contributed by atoms with Gasteiger partial charge in [-0.25, -0.2) is 4.79 Å². The van der Waals surface area contributed by atoms with Crippen LogP contribution in [-0.4, -0.2) is 77.1 Å². The van der Waals surface area contributed by atoms with Crippen molar-refractivity contribution in [1.29, 1.82) is 0 Å². The number of Topliss-reactive ketones (excluding diaryl/α,β-unsaturated/α-hetero) is 1. The van der Waals surface area contributed by atoms with E-state index in [1.165, 1.54) is 24.2 Å². The van der Waals surface area contributed by atoms with Crippen LogP contribution in [0, 0.1) is 11.3 Å². The van der Waals surface area contributed by atoms with Gasteiger partial charge in [0.05, 0.1) is 17.6 Å². The van der Waals surface area contributed by atoms with Crippen molar-refractivity contribution in [1.82, 2.24) is 15.1 Å². The fourth-order valence-corrected chi connectivity index (χ4v) is 8.05. The summed E-state index contributed by atoms with van der Waals surface area (Å²) in [6.45, 7) is 2.95. The number of aliphatic hydroxyl groups is 1. The monoisotopic (exact) mass is 657 g/mol. The van der Waals surface area contributed by atoms with Gasteiger partial charge in [0.15, 0.2) is 11.5 Å². The van der Waals surface area contributed by atoms with Gasteiger partial charge in [-0.3, -0.25) is 9.59 Å². The Morgan fingerprint density at radius 1 is 1.07 bits per heavy atom. The molecule has 246 valence electrons. The summed E-state index contributed by atoms with van der Waals surface area (Å²) < 4.78 is 5.61. The summed E-state index contributed by atoms with van der Waals surface area (Å²) in [5.41, 5.74) is -0.0595. The summed E-state index contributed by atoms with van der Waals surface area (Å²) in [5, 5.41) is 16.0. The zero-order chi connectivity index (χ0) is 31.8. The number of rotatable bonds is 11. The van der Waals surface area contributed by atoms with Crippen molar-refractivity contribution in [2.75, 3.05) is 26.2 Å². The lowest BCUT2D eigenvalue weighted by Crippen LogP contribution is -2.63. The molecule has 45 heavy (non-hydrogen) atoms. The molecule has 8 nitrogen and oxygen atoms in total. The van der Waals surface area contributed by atoms with Gasteiger partial charge in [0.1, 0.15) is 6.04 Å². The number of aliphatic hydroxyl groups excluding tert-OH is 1. The number of ketones is 1. The van der Waals surface area contributed by atoms with Crippen molar-refractivity contribution >= 4 is 40.7 Å². The summed E-state index contributed by atoms with van der Waals surface area (Å²) >= 11 is 7.86. The van der Waals surface area contributed by atoms with Gasteiger partial charge in [-0.05, 0) is 73.4 Å². The van der Waals surface area contributed by atoms with E-state index in [-0.39, 0.29) is 61.2 Å². The third-order valence-corrected chi connectivity index (χ3v) is 11.4. The van der Waals surface area contributed by atoms with Crippen molar-refractivity contribution in [2.24, 2.45) is 11.3 Å². The average molecular weight is 658 g/mol. The fraction of sp³-hybridized carbons (Fsp3) is 0.629. The standard InChI is InChI=1S/C35H48ClN3O5S/c1-35(24-40)17-15-26(16-18-35)37-29(22-25-8-3-2-4-9-25)33(42)39-20-19-38(34(43)44-32-12-6-5-11-28(32)36)23-30(39)31(41)14-13-27-10-7-21-45-27/h5-7,10-12,21,25-26,29-30,37,40H,2-4,8-9,13-20,22-24H2,1H3/t26?,29-,30+,35?/m1/s1. The predicted octanol–water partition coefficient (Wildman–Crippen LogP) is 6.48. The molecule has 1 aliphatic heterocycles. The highest BCUT2D eigenvalue weighted by Gasteiger charge is 2.41. The highest BCUT2D eigenvalue weighted by Crippen LogP contribution is 2.36. The van der Waals surface area contributed by atoms with Crippen LogP contribution in [0.4, 0.5) is 4.79 Å². The van der Waals surface area contributed by atoms with E-state index in [4.69, 9.17) is 16.3 Å². The van der Waals surface area contributed by atoms with Crippen molar-refractivity contribution in [3.8, 4) is 5.75 Å². The number of halogens is 1. The number of ether oxygens (including phenoxy) is 1. The topological polar surface area (TPSA) is 99.2 Å². The minimum absolute atomic E-state index is 0.0374. The maximum atomic E-state index is 14.5. The predicted molar refractivity (Wildman–Crippen MR) is 178 cm³/mol. The molecule has 0 radical (unpaired) electrons. The van der Waals surface area contributed by atoms with Crippen molar-refractivity contribution < 1.29 is 24.2 Å². The third kappa shape index (κ3) is 9.09. The van der Waals surface area contributed by atoms with Gasteiger partial charge in [-0.2, -0.15) is 0 Å². The van der Waals surface area contributed by atoms with E-state index in [1.807, 2.05) is 17.5 Å². The van der Waals surface area contributed by atoms with E-state index in [0.717, 1.165) is 49.8 Å². The van der Waals surface area contributed by atoms with Crippen LogP contribution in [0.5, 0.6) is 5.75 Å². The van der Waals surface area contributed by atoms with Crippen LogP contribution in [0.1, 0.15) is 82.4 Å². The molecule has 0 spiro atoms. The molecule has 2 heterocycles. The van der Waals surface area contributed by atoms with Crippen LogP contribution < -0.4 is 10.1 Å². The number of benzene rings is 1. The molecule has 1 aromatic carbocycles. The quantitative estimate of drug-likeness (QED) is 0.287. The van der Waals surface area contributed by atoms with Crippen LogP contribution in [0.2, 0.25) is 5.02 Å². The highest BCUT2D eigenvalue weighted by atomic mass is 35.5. The summed E-state index contributed by atoms with van der Waals surface area (Å²) in [4.78, 5) is 46.0. The van der Waals surface area contributed by atoms with Crippen molar-refractivity contribution in [2.45, 2.75) is 102 Å². The number of aryl methyl sites for hydroxylation is 1. The van der Waals surface area contributed by atoms with Gasteiger partial charge < -0.3 is 25.0 Å². The lowest BCUT2D eigenvalue weighted by atomic mass is 9.74. The van der Waals surface area contributed by atoms with Gasteiger partial charge >= 0.3 is 6.09 Å². The minimum atomic E-state index is -0.746. The lowest BCUT2D eigenvalue weighted by Gasteiger charge is -2.43. The Labute approximate surface area is 276 Å². The second-order valence-electron chi connectivity index (χ2n) is 13.5. The Morgan fingerprint density at radius 3 is 2.51 bits per heavy atom. The first kappa shape index (κ1) is 33.9. The number of carbonyl (C=O) groups is 3. The number of para-hydroxylation sites is 1. The average Bonchev–Trinajstić information content (AvgIpc) is 3.59. The van der Waals surface area contributed by atoms with E-state index >= 15 is 0 Å². The molecule has 2 amide bonds. The number of hydrogen-bond donors (Lipinski definition) is 2. The van der Waals surface area contributed by atoms with Gasteiger partial charge in [-0.1, -0.05) is 68.8 Å². The second kappa shape index (κ2) is 15.9. The van der Waals surface area contributed by atoms with Crippen LogP contribution in [0.25, 0.3) is 0 Å². The summed E-state index contributed by atoms with van der Waals surface area (Å²) in [6, 6.07) is 9.88. The smallest absolute Gasteiger partial charge is 0.409 e. The first-order chi connectivity index (χ1) is 21.7. The molecule has 0 bridgehead atoms. The molecular weight excluding hydrogens is 610 g/mol. The summed E-state index contributed by atoms with van der Waals surface area (Å²) in [6.07, 6.45) is 10.6. The number of carbonyl (C=O) groups excluding carboxylic acids is 3. The number of hydrogen-bond acceptors (Lipinski definition) is 7.